The molecule has 0 fully saturated rings. The van der Waals surface area contributed by atoms with Crippen LogP contribution in [0.5, 0.6) is 0 Å². The van der Waals surface area contributed by atoms with E-state index in [0.717, 1.165) is 12.8 Å². The first-order valence-corrected chi connectivity index (χ1v) is 6.71. The second-order valence-corrected chi connectivity index (χ2v) is 4.61. The molecule has 16 heavy (non-hydrogen) atoms. The summed E-state index contributed by atoms with van der Waals surface area (Å²) in [5.41, 5.74) is 0.0310. The Hall–Kier alpha value is -0.410. The molecular weight excluding hydrogens is 271 g/mol. The highest BCUT2D eigenvalue weighted by Crippen LogP contribution is 2.29. The van der Waals surface area contributed by atoms with Crippen molar-refractivity contribution in [3.63, 3.8) is 0 Å². The maximum Gasteiger partial charge on any atom is 0.129 e. The van der Waals surface area contributed by atoms with E-state index in [2.05, 4.69) is 22.9 Å². The van der Waals surface area contributed by atoms with Crippen molar-refractivity contribution in [2.75, 3.05) is 11.9 Å². The van der Waals surface area contributed by atoms with Gasteiger partial charge in [-0.1, -0.05) is 47.5 Å². The Morgan fingerprint density at radius 2 is 2.06 bits per heavy atom. The highest BCUT2D eigenvalue weighted by molar-refractivity contribution is 9.09. The fraction of sp³-hybridized carbons (Fsp3) is 0.538. The molecule has 3 heteroatoms. The smallest absolute Gasteiger partial charge is 0.129 e. The van der Waals surface area contributed by atoms with Gasteiger partial charge in [-0.25, -0.2) is 4.39 Å². The topological polar surface area (TPSA) is 9.23 Å². The monoisotopic (exact) mass is 288 g/mol. The van der Waals surface area contributed by atoms with E-state index in [1.807, 2.05) is 13.0 Å². The minimum Gasteiger partial charge on any atom is -0.370 e. The van der Waals surface area contributed by atoms with Crippen LogP contribution in [0.25, 0.3) is 0 Å². The normalized spacial score (nSPS) is 14.8. The molecule has 0 amide bonds. The molecule has 0 aromatic heterocycles. The maximum atomic E-state index is 13.7. The number of rotatable bonds is 6. The summed E-state index contributed by atoms with van der Waals surface area (Å²) in [5, 5.41) is 0.588. The molecule has 0 saturated carbocycles. The van der Waals surface area contributed by atoms with Crippen molar-refractivity contribution in [3.8, 4) is 0 Å². The Labute approximate surface area is 105 Å². The van der Waals surface area contributed by atoms with E-state index in [0.29, 0.717) is 17.5 Å². The van der Waals surface area contributed by atoms with Crippen molar-refractivity contribution >= 4 is 15.9 Å². The lowest BCUT2D eigenvalue weighted by molar-refractivity contribution is -0.0204. The van der Waals surface area contributed by atoms with Crippen LogP contribution in [0.2, 0.25) is 0 Å². The number of ether oxygens (including phenoxy) is 1. The minimum absolute atomic E-state index is 0.207. The standard InChI is InChI=1S/C13H18BrFO/c1-3-4-9-16-13(2,10-14)11-7-5-6-8-12(11)15/h5-8H,3-4,9-10H2,1-2H3. The summed E-state index contributed by atoms with van der Waals surface area (Å²) >= 11 is 3.40. The molecule has 0 radical (unpaired) electrons. The number of alkyl halides is 1. The van der Waals surface area contributed by atoms with Crippen molar-refractivity contribution in [2.45, 2.75) is 32.3 Å². The van der Waals surface area contributed by atoms with E-state index in [1.54, 1.807) is 12.1 Å². The summed E-state index contributed by atoms with van der Waals surface area (Å²) in [6.45, 7) is 4.68. The van der Waals surface area contributed by atoms with E-state index >= 15 is 0 Å². The van der Waals surface area contributed by atoms with Gasteiger partial charge in [0.1, 0.15) is 11.4 Å². The number of benzene rings is 1. The first kappa shape index (κ1) is 13.7. The molecule has 1 unspecified atom stereocenters. The SMILES string of the molecule is CCCCOC(C)(CBr)c1ccccc1F. The quantitative estimate of drug-likeness (QED) is 0.562. The number of unbranched alkanes of at least 4 members (excludes halogenated alkanes) is 1. The van der Waals surface area contributed by atoms with Gasteiger partial charge < -0.3 is 4.74 Å². The Balaban J connectivity index is 2.83. The first-order valence-electron chi connectivity index (χ1n) is 5.59. The summed E-state index contributed by atoms with van der Waals surface area (Å²) in [6.07, 6.45) is 2.08. The van der Waals surface area contributed by atoms with Crippen LogP contribution < -0.4 is 0 Å². The van der Waals surface area contributed by atoms with Crippen LogP contribution in [-0.4, -0.2) is 11.9 Å². The van der Waals surface area contributed by atoms with Crippen molar-refractivity contribution in [3.05, 3.63) is 35.6 Å². The van der Waals surface area contributed by atoms with Gasteiger partial charge in [-0.15, -0.1) is 0 Å². The Bertz CT molecular complexity index is 329. The average Bonchev–Trinajstić information content (AvgIpc) is 2.30. The molecule has 1 atom stereocenters. The predicted octanol–water partition coefficient (Wildman–Crippen LogP) is 4.25. The molecule has 0 aliphatic rings. The molecule has 0 aliphatic carbocycles. The van der Waals surface area contributed by atoms with Gasteiger partial charge >= 0.3 is 0 Å². The Morgan fingerprint density at radius 1 is 1.38 bits per heavy atom. The van der Waals surface area contributed by atoms with Crippen molar-refractivity contribution in [1.82, 2.24) is 0 Å². The van der Waals surface area contributed by atoms with Crippen LogP contribution in [0.15, 0.2) is 24.3 Å². The predicted molar refractivity (Wildman–Crippen MR) is 68.4 cm³/mol. The first-order chi connectivity index (χ1) is 7.64. The van der Waals surface area contributed by atoms with Crippen LogP contribution in [-0.2, 0) is 10.3 Å². The van der Waals surface area contributed by atoms with Gasteiger partial charge in [-0.3, -0.25) is 0 Å². The molecule has 1 aromatic rings. The third-order valence-electron chi connectivity index (χ3n) is 2.62. The maximum absolute atomic E-state index is 13.7. The number of hydrogen-bond donors (Lipinski definition) is 0. The van der Waals surface area contributed by atoms with Crippen LogP contribution in [0.4, 0.5) is 4.39 Å². The van der Waals surface area contributed by atoms with E-state index < -0.39 is 5.60 Å². The van der Waals surface area contributed by atoms with E-state index in [4.69, 9.17) is 4.74 Å². The average molecular weight is 289 g/mol. The second-order valence-electron chi connectivity index (χ2n) is 4.05. The van der Waals surface area contributed by atoms with Crippen molar-refractivity contribution in [2.24, 2.45) is 0 Å². The lowest BCUT2D eigenvalue weighted by Crippen LogP contribution is -2.29. The van der Waals surface area contributed by atoms with E-state index in [9.17, 15) is 4.39 Å². The molecule has 0 aliphatic heterocycles. The van der Waals surface area contributed by atoms with Crippen LogP contribution in [0.3, 0.4) is 0 Å². The molecule has 1 rings (SSSR count). The molecular formula is C13H18BrFO. The molecule has 0 bridgehead atoms. The number of hydrogen-bond acceptors (Lipinski definition) is 1. The van der Waals surface area contributed by atoms with Gasteiger partial charge in [-0.2, -0.15) is 0 Å². The van der Waals surface area contributed by atoms with Crippen molar-refractivity contribution < 1.29 is 9.13 Å². The van der Waals surface area contributed by atoms with Crippen LogP contribution >= 0.6 is 15.9 Å². The summed E-state index contributed by atoms with van der Waals surface area (Å²) < 4.78 is 19.5. The Kier molecular flexibility index (Phi) is 5.42. The van der Waals surface area contributed by atoms with Gasteiger partial charge in [0.25, 0.3) is 0 Å². The third-order valence-corrected chi connectivity index (χ3v) is 3.69. The van der Waals surface area contributed by atoms with Gasteiger partial charge in [0, 0.05) is 17.5 Å². The van der Waals surface area contributed by atoms with E-state index in [1.165, 1.54) is 6.07 Å². The lowest BCUT2D eigenvalue weighted by Gasteiger charge is -2.28. The summed E-state index contributed by atoms with van der Waals surface area (Å²) in [6, 6.07) is 6.78. The van der Waals surface area contributed by atoms with Gasteiger partial charge in [0.15, 0.2) is 0 Å². The zero-order chi connectivity index (χ0) is 12.0. The van der Waals surface area contributed by atoms with Crippen LogP contribution in [0.1, 0.15) is 32.3 Å². The molecule has 90 valence electrons. The van der Waals surface area contributed by atoms with Crippen LogP contribution in [0, 0.1) is 5.82 Å². The molecule has 1 nitrogen and oxygen atoms in total. The lowest BCUT2D eigenvalue weighted by atomic mass is 9.97. The van der Waals surface area contributed by atoms with E-state index in [-0.39, 0.29) is 5.82 Å². The summed E-state index contributed by atoms with van der Waals surface area (Å²) in [5.74, 6) is -0.207. The zero-order valence-corrected chi connectivity index (χ0v) is 11.4. The third kappa shape index (κ3) is 3.29. The summed E-state index contributed by atoms with van der Waals surface area (Å²) in [4.78, 5) is 0. The Morgan fingerprint density at radius 3 is 2.62 bits per heavy atom. The molecule has 1 aromatic carbocycles. The fourth-order valence-corrected chi connectivity index (χ4v) is 1.98. The highest BCUT2D eigenvalue weighted by atomic mass is 79.9. The second kappa shape index (κ2) is 6.36. The minimum atomic E-state index is -0.583. The fourth-order valence-electron chi connectivity index (χ4n) is 1.52. The summed E-state index contributed by atoms with van der Waals surface area (Å²) in [7, 11) is 0. The molecule has 0 spiro atoms. The number of halogens is 2. The van der Waals surface area contributed by atoms with Gasteiger partial charge in [-0.05, 0) is 19.4 Å². The van der Waals surface area contributed by atoms with Gasteiger partial charge in [0.2, 0.25) is 0 Å². The highest BCUT2D eigenvalue weighted by Gasteiger charge is 2.28. The molecule has 0 saturated heterocycles. The largest absolute Gasteiger partial charge is 0.370 e. The van der Waals surface area contributed by atoms with Gasteiger partial charge in [0.05, 0.1) is 0 Å². The molecule has 0 heterocycles. The molecule has 0 N–H and O–H groups in total. The zero-order valence-electron chi connectivity index (χ0n) is 9.80. The van der Waals surface area contributed by atoms with Crippen molar-refractivity contribution in [1.29, 1.82) is 0 Å².